The number of ether oxygens (including phenoxy) is 1. The second kappa shape index (κ2) is 13.1. The van der Waals surface area contributed by atoms with Crippen LogP contribution in [0, 0.1) is 0 Å². The Hall–Kier alpha value is -5.30. The largest absolute Gasteiger partial charge is 0.367 e. The predicted octanol–water partition coefficient (Wildman–Crippen LogP) is 5.42. The number of anilines is 1. The van der Waals surface area contributed by atoms with Crippen LogP contribution in [0.5, 0.6) is 0 Å². The summed E-state index contributed by atoms with van der Waals surface area (Å²) in [6.07, 6.45) is 12.0. The number of rotatable bonds is 7. The Morgan fingerprint density at radius 3 is 2.56 bits per heavy atom. The zero-order valence-corrected chi connectivity index (χ0v) is 26.8. The summed E-state index contributed by atoms with van der Waals surface area (Å²) in [5, 5.41) is 22.5. The molecular weight excluding hydrogens is 608 g/mol. The molecule has 1 saturated heterocycles. The van der Waals surface area contributed by atoms with Crippen LogP contribution >= 0.6 is 0 Å². The van der Waals surface area contributed by atoms with Gasteiger partial charge in [0, 0.05) is 80.0 Å². The zero-order chi connectivity index (χ0) is 33.3. The molecule has 0 bridgehead atoms. The number of methoxy groups -OCH3 is 1. The van der Waals surface area contributed by atoms with Crippen LogP contribution in [0.1, 0.15) is 30.9 Å². The molecule has 4 aliphatic heterocycles. The minimum absolute atomic E-state index is 0.0336. The van der Waals surface area contributed by atoms with Crippen molar-refractivity contribution in [3.8, 4) is 11.4 Å². The number of aromatic nitrogens is 2. The van der Waals surface area contributed by atoms with Crippen molar-refractivity contribution in [3.05, 3.63) is 108 Å². The summed E-state index contributed by atoms with van der Waals surface area (Å²) in [4.78, 5) is 39.5. The smallest absolute Gasteiger partial charge is 0.258 e. The van der Waals surface area contributed by atoms with Gasteiger partial charge in [-0.3, -0.25) is 19.7 Å². The van der Waals surface area contributed by atoms with E-state index in [0.717, 1.165) is 33.7 Å². The van der Waals surface area contributed by atoms with Gasteiger partial charge in [-0.2, -0.15) is 0 Å². The second-order valence-corrected chi connectivity index (χ2v) is 12.3. The van der Waals surface area contributed by atoms with E-state index in [1.165, 1.54) is 5.57 Å². The summed E-state index contributed by atoms with van der Waals surface area (Å²) in [6, 6.07) is 15.5. The number of carbonyl (C=O) groups excluding carboxylic acids is 2. The first-order valence-electron chi connectivity index (χ1n) is 15.9. The van der Waals surface area contributed by atoms with Crippen LogP contribution in [-0.4, -0.2) is 87.3 Å². The summed E-state index contributed by atoms with van der Waals surface area (Å²) in [6.45, 7) is 4.07. The lowest BCUT2D eigenvalue weighted by molar-refractivity contribution is -0.138. The van der Waals surface area contributed by atoms with E-state index < -0.39 is 5.60 Å². The molecule has 1 aromatic heterocycles. The van der Waals surface area contributed by atoms with Gasteiger partial charge in [-0.1, -0.05) is 30.3 Å². The van der Waals surface area contributed by atoms with Crippen molar-refractivity contribution in [1.29, 1.82) is 0 Å². The van der Waals surface area contributed by atoms with Crippen LogP contribution in [0.2, 0.25) is 0 Å². The first kappa shape index (κ1) is 31.3. The SMILES string of the molecule is CO[C@@]1(C(=O)Nc2ccc3c(c2)C(=C2C=CN(O)C(C)=C2)N=N3)CCN(CC(=O)N2CC=C(c3ccc(-c4ncccn4)cc3)CC2)C1. The maximum atomic E-state index is 13.7. The molecule has 1 atom stereocenters. The third kappa shape index (κ3) is 6.20. The van der Waals surface area contributed by atoms with E-state index in [4.69, 9.17) is 4.74 Å². The predicted molar refractivity (Wildman–Crippen MR) is 180 cm³/mol. The van der Waals surface area contributed by atoms with E-state index in [2.05, 4.69) is 43.7 Å². The molecule has 0 saturated carbocycles. The third-order valence-electron chi connectivity index (χ3n) is 9.28. The number of hydroxylamine groups is 2. The number of allylic oxidation sites excluding steroid dienone is 4. The van der Waals surface area contributed by atoms with Gasteiger partial charge in [0.15, 0.2) is 11.4 Å². The summed E-state index contributed by atoms with van der Waals surface area (Å²) in [5.74, 6) is 0.465. The molecule has 0 radical (unpaired) electrons. The number of amides is 2. The lowest BCUT2D eigenvalue weighted by Gasteiger charge is -2.30. The summed E-state index contributed by atoms with van der Waals surface area (Å²) < 4.78 is 5.83. The van der Waals surface area contributed by atoms with Crippen molar-refractivity contribution in [2.75, 3.05) is 45.2 Å². The molecule has 12 nitrogen and oxygen atoms in total. The number of carbonyl (C=O) groups is 2. The average Bonchev–Trinajstić information content (AvgIpc) is 3.75. The highest BCUT2D eigenvalue weighted by Crippen LogP contribution is 2.40. The number of hydrogen-bond donors (Lipinski definition) is 2. The molecule has 3 aromatic rings. The van der Waals surface area contributed by atoms with E-state index in [0.29, 0.717) is 61.2 Å². The molecule has 5 heterocycles. The fraction of sp³-hybridized carbons (Fsp3) is 0.278. The summed E-state index contributed by atoms with van der Waals surface area (Å²) in [7, 11) is 1.54. The van der Waals surface area contributed by atoms with Crippen molar-refractivity contribution >= 4 is 34.5 Å². The van der Waals surface area contributed by atoms with Gasteiger partial charge in [0.1, 0.15) is 5.70 Å². The van der Waals surface area contributed by atoms with Crippen molar-refractivity contribution < 1.29 is 19.5 Å². The minimum Gasteiger partial charge on any atom is -0.367 e. The molecule has 2 N–H and O–H groups in total. The highest BCUT2D eigenvalue weighted by molar-refractivity contribution is 5.99. The number of nitrogens with one attached hydrogen (secondary N) is 1. The van der Waals surface area contributed by atoms with Crippen LogP contribution < -0.4 is 5.32 Å². The fourth-order valence-corrected chi connectivity index (χ4v) is 6.43. The monoisotopic (exact) mass is 644 g/mol. The number of nitrogens with zero attached hydrogens (tertiary/aromatic N) is 7. The minimum atomic E-state index is -1.09. The van der Waals surface area contributed by atoms with Crippen molar-refractivity contribution in [2.24, 2.45) is 10.2 Å². The molecule has 244 valence electrons. The molecule has 0 unspecified atom stereocenters. The Labute approximate surface area is 278 Å². The van der Waals surface area contributed by atoms with Crippen LogP contribution in [-0.2, 0) is 14.3 Å². The van der Waals surface area contributed by atoms with E-state index in [1.54, 1.807) is 50.8 Å². The number of fused-ring (bicyclic) bond motifs is 1. The van der Waals surface area contributed by atoms with Gasteiger partial charge in [0.05, 0.1) is 12.2 Å². The van der Waals surface area contributed by atoms with Crippen LogP contribution in [0.3, 0.4) is 0 Å². The zero-order valence-electron chi connectivity index (χ0n) is 26.8. The summed E-state index contributed by atoms with van der Waals surface area (Å²) in [5.41, 5.74) is 6.42. The molecule has 2 aromatic carbocycles. The second-order valence-electron chi connectivity index (χ2n) is 12.3. The highest BCUT2D eigenvalue weighted by Gasteiger charge is 2.45. The maximum absolute atomic E-state index is 13.7. The number of azo groups is 1. The van der Waals surface area contributed by atoms with Crippen molar-refractivity contribution in [1.82, 2.24) is 24.8 Å². The Morgan fingerprint density at radius 1 is 1.04 bits per heavy atom. The van der Waals surface area contributed by atoms with Gasteiger partial charge in [-0.25, -0.2) is 15.0 Å². The van der Waals surface area contributed by atoms with Gasteiger partial charge in [-0.05, 0) is 67.3 Å². The molecule has 48 heavy (non-hydrogen) atoms. The Balaban J connectivity index is 0.957. The van der Waals surface area contributed by atoms with E-state index in [-0.39, 0.29) is 18.4 Å². The standard InChI is InChI=1S/C36H36N8O4/c1-24-20-28(12-18-44(24)47)33-30-21-29(8-9-31(30)40-41-33)39-35(46)36(48-2)13-19-42(23-36)22-32(45)43-16-10-26(11-17-43)25-4-6-27(7-5-25)34-37-14-3-15-38-34/h3-10,12,14-15,18,20-21,47H,11,13,16-17,19,22-23H2,1-2H3,(H,39,46)/t36-/m0/s1. The number of likely N-dealkylation sites (tertiary alicyclic amines) is 1. The lowest BCUT2D eigenvalue weighted by Crippen LogP contribution is -2.48. The van der Waals surface area contributed by atoms with Gasteiger partial charge < -0.3 is 15.0 Å². The normalized spacial score (nSPS) is 22.1. The molecule has 12 heteroatoms. The first-order chi connectivity index (χ1) is 23.3. The Kier molecular flexibility index (Phi) is 8.52. The van der Waals surface area contributed by atoms with Gasteiger partial charge >= 0.3 is 0 Å². The van der Waals surface area contributed by atoms with Crippen LogP contribution in [0.4, 0.5) is 11.4 Å². The van der Waals surface area contributed by atoms with E-state index in [9.17, 15) is 14.8 Å². The van der Waals surface area contributed by atoms with Crippen molar-refractivity contribution in [2.45, 2.75) is 25.4 Å². The fourth-order valence-electron chi connectivity index (χ4n) is 6.43. The molecule has 2 amide bonds. The number of benzene rings is 2. The lowest BCUT2D eigenvalue weighted by atomic mass is 9.98. The van der Waals surface area contributed by atoms with Gasteiger partial charge in [0.25, 0.3) is 5.91 Å². The summed E-state index contributed by atoms with van der Waals surface area (Å²) >= 11 is 0. The van der Waals surface area contributed by atoms with Gasteiger partial charge in [-0.15, -0.1) is 10.2 Å². The molecular formula is C36H36N8O4. The molecule has 1 fully saturated rings. The molecule has 0 spiro atoms. The maximum Gasteiger partial charge on any atom is 0.258 e. The Morgan fingerprint density at radius 2 is 1.83 bits per heavy atom. The van der Waals surface area contributed by atoms with Crippen LogP contribution in [0.15, 0.2) is 107 Å². The first-order valence-corrected chi connectivity index (χ1v) is 15.9. The topological polar surface area (TPSA) is 136 Å². The number of hydrogen-bond acceptors (Lipinski definition) is 10. The van der Waals surface area contributed by atoms with E-state index in [1.807, 2.05) is 40.1 Å². The Bertz CT molecular complexity index is 1900. The quantitative estimate of drug-likeness (QED) is 0.348. The highest BCUT2D eigenvalue weighted by atomic mass is 16.5. The third-order valence-corrected chi connectivity index (χ3v) is 9.28. The molecule has 0 aliphatic carbocycles. The van der Waals surface area contributed by atoms with Gasteiger partial charge in [0.2, 0.25) is 5.91 Å². The molecule has 7 rings (SSSR count). The average molecular weight is 645 g/mol. The van der Waals surface area contributed by atoms with E-state index >= 15 is 0 Å². The molecule has 4 aliphatic rings. The van der Waals surface area contributed by atoms with Crippen molar-refractivity contribution in [3.63, 3.8) is 0 Å². The van der Waals surface area contributed by atoms with Crippen LogP contribution in [0.25, 0.3) is 22.7 Å².